The predicted octanol–water partition coefficient (Wildman–Crippen LogP) is 32.5. The Balaban J connectivity index is 4.66. The van der Waals surface area contributed by atoms with E-state index in [1.807, 2.05) is 0 Å². The molecule has 0 bridgehead atoms. The third-order valence-corrected chi connectivity index (χ3v) is 23.1. The topological polar surface area (TPSA) is 231 Å². The van der Waals surface area contributed by atoms with Gasteiger partial charge in [-0.15, -0.1) is 0 Å². The molecule has 0 rings (SSSR count). The molecule has 0 saturated heterocycles. The fourth-order valence-corrected chi connectivity index (χ4v) is 15.2. The van der Waals surface area contributed by atoms with Crippen molar-refractivity contribution in [3.8, 4) is 0 Å². The lowest BCUT2D eigenvalue weighted by Gasteiger charge is -2.21. The predicted molar refractivity (Wildman–Crippen MR) is 546 cm³/mol. The highest BCUT2D eigenvalue weighted by atomic mass is 31.2. The van der Waals surface area contributed by atoms with Crippen molar-refractivity contribution in [2.45, 2.75) is 424 Å². The Labute approximate surface area is 787 Å². The summed E-state index contributed by atoms with van der Waals surface area (Å²) in [6.45, 7) is 2.38. The first-order valence-corrected chi connectivity index (χ1v) is 54.0. The van der Waals surface area contributed by atoms with Crippen LogP contribution in [0.15, 0.2) is 219 Å². The second-order valence-electron chi connectivity index (χ2n) is 33.5. The van der Waals surface area contributed by atoms with Crippen LogP contribution < -0.4 is 0 Å². The summed E-state index contributed by atoms with van der Waals surface area (Å²) in [5.74, 6) is -1.58. The Kier molecular flexibility index (Phi) is 96.1. The van der Waals surface area contributed by atoms with Gasteiger partial charge in [-0.25, -0.2) is 9.13 Å². The van der Waals surface area contributed by atoms with E-state index in [0.29, 0.717) is 19.3 Å². The number of phosphoric acid groups is 2. The largest absolute Gasteiger partial charge is 0.472 e. The lowest BCUT2D eigenvalue weighted by atomic mass is 10.0. The van der Waals surface area contributed by atoms with E-state index in [-0.39, 0.29) is 19.3 Å². The molecular weight excluding hydrogens is 1650 g/mol. The Morgan fingerprint density at radius 1 is 0.217 bits per heavy atom. The number of aliphatic hydroxyl groups excluding tert-OH is 2. The van der Waals surface area contributed by atoms with Gasteiger partial charge in [-0.05, 0) is 173 Å². The highest BCUT2D eigenvalue weighted by molar-refractivity contribution is 7.47. The van der Waals surface area contributed by atoms with E-state index in [1.54, 1.807) is 0 Å². The van der Waals surface area contributed by atoms with Crippen LogP contribution in [-0.2, 0) is 55.8 Å². The van der Waals surface area contributed by atoms with Gasteiger partial charge in [0, 0.05) is 19.3 Å². The normalized spacial score (nSPS) is 14.6. The zero-order valence-corrected chi connectivity index (χ0v) is 83.1. The van der Waals surface area contributed by atoms with E-state index < -0.39 is 91.5 Å². The number of unbranched alkanes of at least 4 members (excludes halogenated alkanes) is 36. The molecule has 0 aromatic rings. The van der Waals surface area contributed by atoms with E-state index in [1.165, 1.54) is 141 Å². The minimum absolute atomic E-state index is 0.0917. The van der Waals surface area contributed by atoms with Crippen molar-refractivity contribution in [2.75, 3.05) is 39.6 Å². The molecule has 0 radical (unpaired) electrons. The van der Waals surface area contributed by atoms with Crippen molar-refractivity contribution in [2.24, 2.45) is 0 Å². The van der Waals surface area contributed by atoms with Crippen LogP contribution in [-0.4, -0.2) is 95.9 Å². The maximum Gasteiger partial charge on any atom is 0.472 e. The zero-order valence-electron chi connectivity index (χ0n) is 81.3. The summed E-state index contributed by atoms with van der Waals surface area (Å²) in [5.41, 5.74) is 0. The van der Waals surface area contributed by atoms with Gasteiger partial charge < -0.3 is 34.2 Å². The number of carbonyl (C=O) groups is 3. The summed E-state index contributed by atoms with van der Waals surface area (Å²) in [5, 5.41) is 20.8. The Bertz CT molecular complexity index is 3230. The number of hydrogen-bond donors (Lipinski definition) is 4. The first-order chi connectivity index (χ1) is 63.2. The molecule has 0 saturated carbocycles. The lowest BCUT2D eigenvalue weighted by molar-refractivity contribution is -0.161. The third-order valence-electron chi connectivity index (χ3n) is 21.2. The second kappa shape index (κ2) is 101. The molecule has 5 unspecified atom stereocenters. The molecule has 0 heterocycles. The van der Waals surface area contributed by atoms with Crippen molar-refractivity contribution in [3.05, 3.63) is 219 Å². The van der Waals surface area contributed by atoms with Crippen LogP contribution in [0, 0.1) is 0 Å². The van der Waals surface area contributed by atoms with Gasteiger partial charge in [0.1, 0.15) is 25.4 Å². The van der Waals surface area contributed by atoms with Gasteiger partial charge in [0.2, 0.25) is 0 Å². The standard InChI is InChI=1S/C111H184O16P2/c1-4-7-10-13-16-19-22-25-28-31-34-37-40-43-46-49-51-52-54-57-58-61-64-67-70-73-76-79-82-85-88-91-94-97-109(114)121-100-106(112)101-123-128(117,118)124-102-107(113)103-125-129(119,120)126-105-108(127-111(116)99-96-93-90-87-84-81-78-75-72-69-66-63-60-55-48-45-42-39-36-33-30-27-24-21-18-15-12-9-6-3)104-122-110(115)98-95-92-89-86-83-80-77-74-71-68-65-62-59-56-53-50-47-44-41-38-35-32-29-26-23-20-17-14-11-8-5-2/h7-12,16-21,25-30,34-39,43-48,51-53,56,60,63,106-108,112-113H,4-6,13-15,22-24,31-33,40-42,49-50,54-55,57-59,61-62,64-105H2,1-3H3,(H,117,118)(H,119,120)/b10-7-,11-8-,12-9-,19-16-,20-17-,21-18-,28-25-,29-26-,30-27-,37-34-,38-35-,39-36-,46-43-,47-44-,48-45-,52-51-,56-53-,63-60-. The van der Waals surface area contributed by atoms with Crippen molar-refractivity contribution in [1.82, 2.24) is 0 Å². The molecule has 129 heavy (non-hydrogen) atoms. The SMILES string of the molecule is CC/C=C\C/C=C\C/C=C\C/C=C\C/C=C\C/C=C\CCCCCCCCCCCCCCCCC(=O)OCC(O)COP(=O)(O)OCC(O)COP(=O)(O)OCC(COC(=O)CCCCCCCCCCCCCC/C=C\C/C=C\C/C=C\C/C=C\C/C=C\C/C=C\CC)OC(=O)CCCCCCCCCCCC/C=C\C/C=C\C/C=C\C/C=C\C/C=C\C/C=C\CC. The van der Waals surface area contributed by atoms with Gasteiger partial charge >= 0.3 is 33.6 Å². The molecule has 0 aliphatic heterocycles. The number of ether oxygens (including phenoxy) is 3. The molecule has 0 amide bonds. The fourth-order valence-electron chi connectivity index (χ4n) is 13.6. The number of phosphoric ester groups is 2. The quantitative estimate of drug-likeness (QED) is 0.0146. The molecule has 16 nitrogen and oxygen atoms in total. The van der Waals surface area contributed by atoms with E-state index in [9.17, 15) is 43.5 Å². The summed E-state index contributed by atoms with van der Waals surface area (Å²) in [7, 11) is -9.83. The minimum Gasteiger partial charge on any atom is -0.463 e. The fraction of sp³-hybridized carbons (Fsp3) is 0.649. The Hall–Kier alpha value is -6.13. The minimum atomic E-state index is -4.96. The average molecular weight is 1840 g/mol. The molecule has 0 aliphatic rings. The van der Waals surface area contributed by atoms with Gasteiger partial charge in [-0.3, -0.25) is 32.5 Å². The number of allylic oxidation sites excluding steroid dienone is 36. The monoisotopic (exact) mass is 1840 g/mol. The highest BCUT2D eigenvalue weighted by Crippen LogP contribution is 2.45. The molecule has 0 fully saturated rings. The molecule has 0 spiro atoms. The molecular formula is C111H184O16P2. The van der Waals surface area contributed by atoms with Gasteiger partial charge in [0.15, 0.2) is 6.10 Å². The van der Waals surface area contributed by atoms with Crippen molar-refractivity contribution in [3.63, 3.8) is 0 Å². The number of rotatable bonds is 95. The van der Waals surface area contributed by atoms with Crippen LogP contribution in [0.3, 0.4) is 0 Å². The Morgan fingerprint density at radius 3 is 0.612 bits per heavy atom. The van der Waals surface area contributed by atoms with Crippen molar-refractivity contribution in [1.29, 1.82) is 0 Å². The van der Waals surface area contributed by atoms with Crippen LogP contribution in [0.4, 0.5) is 0 Å². The second-order valence-corrected chi connectivity index (χ2v) is 36.4. The average Bonchev–Trinajstić information content (AvgIpc) is 0.898. The van der Waals surface area contributed by atoms with E-state index in [2.05, 4.69) is 240 Å². The number of esters is 3. The molecule has 0 aliphatic carbocycles. The summed E-state index contributed by atoms with van der Waals surface area (Å²) in [4.78, 5) is 59.2. The Morgan fingerprint density at radius 2 is 0.388 bits per heavy atom. The van der Waals surface area contributed by atoms with Gasteiger partial charge in [0.25, 0.3) is 0 Å². The van der Waals surface area contributed by atoms with E-state index in [0.717, 1.165) is 205 Å². The summed E-state index contributed by atoms with van der Waals surface area (Å²) < 4.78 is 61.7. The van der Waals surface area contributed by atoms with Gasteiger partial charge in [-0.2, -0.15) is 0 Å². The zero-order chi connectivity index (χ0) is 93.5. The lowest BCUT2D eigenvalue weighted by Crippen LogP contribution is -2.30. The van der Waals surface area contributed by atoms with Crippen molar-refractivity contribution < 1.29 is 75.8 Å². The maximum absolute atomic E-state index is 13.1. The maximum atomic E-state index is 13.1. The van der Waals surface area contributed by atoms with Crippen LogP contribution in [0.25, 0.3) is 0 Å². The molecule has 18 heteroatoms. The van der Waals surface area contributed by atoms with Crippen LogP contribution in [0.2, 0.25) is 0 Å². The molecule has 0 aromatic heterocycles. The molecule has 5 atom stereocenters. The number of aliphatic hydroxyl groups is 2. The first kappa shape index (κ1) is 123. The van der Waals surface area contributed by atoms with Crippen LogP contribution >= 0.6 is 15.6 Å². The van der Waals surface area contributed by atoms with Gasteiger partial charge in [0.05, 0.1) is 26.4 Å². The highest BCUT2D eigenvalue weighted by Gasteiger charge is 2.30. The molecule has 734 valence electrons. The molecule has 4 N–H and O–H groups in total. The number of carbonyl (C=O) groups excluding carboxylic acids is 3. The third kappa shape index (κ3) is 102. The van der Waals surface area contributed by atoms with Crippen LogP contribution in [0.1, 0.15) is 406 Å². The molecule has 0 aromatic carbocycles. The van der Waals surface area contributed by atoms with Crippen molar-refractivity contribution >= 4 is 33.6 Å². The summed E-state index contributed by atoms with van der Waals surface area (Å²) >= 11 is 0. The van der Waals surface area contributed by atoms with E-state index >= 15 is 0 Å². The summed E-state index contributed by atoms with van der Waals surface area (Å²) in [6, 6.07) is 0. The smallest absolute Gasteiger partial charge is 0.463 e. The first-order valence-electron chi connectivity index (χ1n) is 51.0. The van der Waals surface area contributed by atoms with E-state index in [4.69, 9.17) is 32.3 Å². The van der Waals surface area contributed by atoms with Gasteiger partial charge in [-0.1, -0.05) is 432 Å². The number of hydrogen-bond acceptors (Lipinski definition) is 14. The summed E-state index contributed by atoms with van der Waals surface area (Å²) in [6.07, 6.45) is 138. The van der Waals surface area contributed by atoms with Crippen LogP contribution in [0.5, 0.6) is 0 Å².